The van der Waals surface area contributed by atoms with Crippen molar-refractivity contribution in [3.8, 4) is 17.5 Å². The average molecular weight is 451 g/mol. The fourth-order valence-corrected chi connectivity index (χ4v) is 4.76. The summed E-state index contributed by atoms with van der Waals surface area (Å²) in [6.45, 7) is 4.20. The number of tetrazole rings is 1. The minimum atomic E-state index is -0.481. The predicted molar refractivity (Wildman–Crippen MR) is 120 cm³/mol. The Balaban J connectivity index is 1.65. The highest BCUT2D eigenvalue weighted by Gasteiger charge is 2.22. The van der Waals surface area contributed by atoms with Crippen molar-refractivity contribution in [3.63, 3.8) is 0 Å². The summed E-state index contributed by atoms with van der Waals surface area (Å²) in [7, 11) is 0. The molecule has 1 atom stereocenters. The molecule has 1 unspecified atom stereocenters. The normalized spacial score (nSPS) is 12.9. The second-order valence-corrected chi connectivity index (χ2v) is 8.73. The number of benzene rings is 2. The lowest BCUT2D eigenvalue weighted by Gasteiger charge is -2.13. The molecule has 1 N–H and O–H groups in total. The van der Waals surface area contributed by atoms with Gasteiger partial charge in [-0.3, -0.25) is 0 Å². The Morgan fingerprint density at radius 1 is 1.26 bits per heavy atom. The van der Waals surface area contributed by atoms with Crippen molar-refractivity contribution in [1.82, 2.24) is 25.2 Å². The maximum Gasteiger partial charge on any atom is 0.214 e. The van der Waals surface area contributed by atoms with Gasteiger partial charge in [-0.1, -0.05) is 36.0 Å². The molecule has 0 aliphatic heterocycles. The molecule has 4 aromatic rings. The Morgan fingerprint density at radius 2 is 2.03 bits per heavy atom. The maximum atomic E-state index is 10.9. The van der Waals surface area contributed by atoms with Crippen LogP contribution in [0.3, 0.4) is 0 Å². The minimum absolute atomic E-state index is 0.0702. The van der Waals surface area contributed by atoms with E-state index in [1.807, 2.05) is 55.5 Å². The van der Waals surface area contributed by atoms with Crippen molar-refractivity contribution in [3.05, 3.63) is 59.3 Å². The van der Waals surface area contributed by atoms with Gasteiger partial charge in [0.05, 0.1) is 22.1 Å². The van der Waals surface area contributed by atoms with Gasteiger partial charge in [0.1, 0.15) is 33.8 Å². The molecule has 4 rings (SSSR count). The van der Waals surface area contributed by atoms with E-state index < -0.39 is 5.25 Å². The standard InChI is InChI=1S/C21H18N6O2S2/c1-3-29-17-10-6-5-9-16(17)27-21(24-25-26-27)30-13(2)19(28)14(12-22)20-23-15-8-4-7-11-18(15)31-20/h4-11,13,28H,3H2,1-2H3/b19-14-. The zero-order chi connectivity index (χ0) is 21.8. The van der Waals surface area contributed by atoms with Gasteiger partial charge in [0.2, 0.25) is 5.16 Å². The molecular formula is C21H18N6O2S2. The van der Waals surface area contributed by atoms with Crippen molar-refractivity contribution in [1.29, 1.82) is 5.26 Å². The van der Waals surface area contributed by atoms with Gasteiger partial charge in [0, 0.05) is 0 Å². The molecule has 2 aromatic carbocycles. The second kappa shape index (κ2) is 9.16. The maximum absolute atomic E-state index is 10.9. The van der Waals surface area contributed by atoms with E-state index in [0.717, 1.165) is 10.2 Å². The van der Waals surface area contributed by atoms with Crippen LogP contribution in [0.2, 0.25) is 0 Å². The Hall–Kier alpha value is -3.42. The molecule has 0 spiro atoms. The zero-order valence-corrected chi connectivity index (χ0v) is 18.4. The summed E-state index contributed by atoms with van der Waals surface area (Å²) in [6.07, 6.45) is 0. The first-order chi connectivity index (χ1) is 15.1. The number of thioether (sulfide) groups is 1. The summed E-state index contributed by atoms with van der Waals surface area (Å²) in [5, 5.41) is 33.0. The van der Waals surface area contributed by atoms with Crippen LogP contribution in [0.1, 0.15) is 18.9 Å². The second-order valence-electron chi connectivity index (χ2n) is 6.39. The number of hydrogen-bond acceptors (Lipinski definition) is 9. The Kier molecular flexibility index (Phi) is 6.16. The highest BCUT2D eigenvalue weighted by atomic mass is 32.2. The molecule has 0 radical (unpaired) electrons. The molecule has 0 amide bonds. The molecule has 2 aromatic heterocycles. The third-order valence-corrected chi connectivity index (χ3v) is 6.47. The number of hydrogen-bond donors (Lipinski definition) is 1. The van der Waals surface area contributed by atoms with Crippen LogP contribution in [0.15, 0.2) is 59.4 Å². The third kappa shape index (κ3) is 4.23. The lowest BCUT2D eigenvalue weighted by atomic mass is 10.2. The molecule has 31 heavy (non-hydrogen) atoms. The molecule has 0 saturated carbocycles. The highest BCUT2D eigenvalue weighted by Crippen LogP contribution is 2.34. The number of ether oxygens (including phenoxy) is 1. The van der Waals surface area contributed by atoms with Gasteiger partial charge in [0.15, 0.2) is 0 Å². The van der Waals surface area contributed by atoms with Crippen LogP contribution < -0.4 is 4.74 Å². The monoisotopic (exact) mass is 450 g/mol. The summed E-state index contributed by atoms with van der Waals surface area (Å²) in [6, 6.07) is 17.2. The molecule has 0 aliphatic carbocycles. The number of nitriles is 1. The van der Waals surface area contributed by atoms with Crippen LogP contribution >= 0.6 is 23.1 Å². The highest BCUT2D eigenvalue weighted by molar-refractivity contribution is 7.99. The van der Waals surface area contributed by atoms with E-state index >= 15 is 0 Å². The fraction of sp³-hybridized carbons (Fsp3) is 0.190. The molecule has 10 heteroatoms. The average Bonchev–Trinajstić information content (AvgIpc) is 3.41. The molecule has 156 valence electrons. The lowest BCUT2D eigenvalue weighted by molar-refractivity contribution is 0.337. The van der Waals surface area contributed by atoms with Crippen LogP contribution in [-0.2, 0) is 0 Å². The molecule has 2 heterocycles. The van der Waals surface area contributed by atoms with E-state index in [9.17, 15) is 10.4 Å². The fourth-order valence-electron chi connectivity index (χ4n) is 2.92. The number of aromatic nitrogens is 5. The first kappa shape index (κ1) is 20.8. The largest absolute Gasteiger partial charge is 0.510 e. The first-order valence-electron chi connectivity index (χ1n) is 9.48. The van der Waals surface area contributed by atoms with E-state index in [-0.39, 0.29) is 11.3 Å². The number of rotatable bonds is 7. The number of aliphatic hydroxyl groups excluding tert-OH is 1. The van der Waals surface area contributed by atoms with E-state index in [0.29, 0.717) is 28.2 Å². The number of allylic oxidation sites excluding steroid dienone is 1. The summed E-state index contributed by atoms with van der Waals surface area (Å²) >= 11 is 2.61. The Morgan fingerprint density at radius 3 is 2.81 bits per heavy atom. The van der Waals surface area contributed by atoms with Crippen LogP contribution in [0.5, 0.6) is 5.75 Å². The van der Waals surface area contributed by atoms with Crippen molar-refractivity contribution >= 4 is 38.9 Å². The van der Waals surface area contributed by atoms with Crippen molar-refractivity contribution in [2.24, 2.45) is 0 Å². The van der Waals surface area contributed by atoms with Crippen LogP contribution in [0, 0.1) is 11.3 Å². The van der Waals surface area contributed by atoms with E-state index in [1.54, 1.807) is 11.6 Å². The van der Waals surface area contributed by atoms with Crippen LogP contribution in [-0.4, -0.2) is 42.2 Å². The van der Waals surface area contributed by atoms with Gasteiger partial charge >= 0.3 is 0 Å². The number of thiazole rings is 1. The summed E-state index contributed by atoms with van der Waals surface area (Å²) < 4.78 is 8.19. The molecule has 0 fully saturated rings. The summed E-state index contributed by atoms with van der Waals surface area (Å²) in [5.74, 6) is 0.581. The van der Waals surface area contributed by atoms with Gasteiger partial charge in [0.25, 0.3) is 0 Å². The smallest absolute Gasteiger partial charge is 0.214 e. The number of nitrogens with zero attached hydrogens (tertiary/aromatic N) is 6. The molecule has 8 nitrogen and oxygen atoms in total. The molecule has 0 bridgehead atoms. The SMILES string of the molecule is CCOc1ccccc1-n1nnnc1SC(C)/C(O)=C(\C#N)c1nc2ccccc2s1. The lowest BCUT2D eigenvalue weighted by Crippen LogP contribution is -2.08. The topological polar surface area (TPSA) is 110 Å². The Labute approximate surface area is 186 Å². The zero-order valence-electron chi connectivity index (χ0n) is 16.8. The van der Waals surface area contributed by atoms with Crippen LogP contribution in [0.25, 0.3) is 21.5 Å². The van der Waals surface area contributed by atoms with Crippen molar-refractivity contribution in [2.45, 2.75) is 24.3 Å². The predicted octanol–water partition coefficient (Wildman–Crippen LogP) is 4.64. The number of fused-ring (bicyclic) bond motifs is 1. The molecule has 0 aliphatic rings. The van der Waals surface area contributed by atoms with Gasteiger partial charge in [-0.05, 0) is 48.5 Å². The number of aliphatic hydroxyl groups is 1. The summed E-state index contributed by atoms with van der Waals surface area (Å²) in [5.41, 5.74) is 1.63. The molecular weight excluding hydrogens is 432 g/mol. The Bertz CT molecular complexity index is 1260. The van der Waals surface area contributed by atoms with Gasteiger partial charge in [-0.25, -0.2) is 4.98 Å². The molecule has 0 saturated heterocycles. The minimum Gasteiger partial charge on any atom is -0.510 e. The summed E-state index contributed by atoms with van der Waals surface area (Å²) in [4.78, 5) is 4.49. The van der Waals surface area contributed by atoms with E-state index in [2.05, 4.69) is 26.6 Å². The first-order valence-corrected chi connectivity index (χ1v) is 11.2. The van der Waals surface area contributed by atoms with E-state index in [1.165, 1.54) is 23.1 Å². The van der Waals surface area contributed by atoms with Gasteiger partial charge in [-0.2, -0.15) is 9.94 Å². The number of para-hydroxylation sites is 3. The van der Waals surface area contributed by atoms with Gasteiger partial charge in [-0.15, -0.1) is 16.4 Å². The quantitative estimate of drug-likeness (QED) is 0.246. The van der Waals surface area contributed by atoms with Crippen LogP contribution in [0.4, 0.5) is 0 Å². The van der Waals surface area contributed by atoms with Gasteiger partial charge < -0.3 is 9.84 Å². The third-order valence-electron chi connectivity index (χ3n) is 4.38. The van der Waals surface area contributed by atoms with Crippen molar-refractivity contribution in [2.75, 3.05) is 6.61 Å². The van der Waals surface area contributed by atoms with E-state index in [4.69, 9.17) is 4.74 Å². The van der Waals surface area contributed by atoms with Crippen molar-refractivity contribution < 1.29 is 9.84 Å².